The zero-order valence-corrected chi connectivity index (χ0v) is 8.72. The molecule has 3 nitrogen and oxygen atoms in total. The Morgan fingerprint density at radius 2 is 2.14 bits per heavy atom. The van der Waals surface area contributed by atoms with Crippen molar-refractivity contribution >= 4 is 17.1 Å². The van der Waals surface area contributed by atoms with Crippen molar-refractivity contribution in [3.63, 3.8) is 0 Å². The molecule has 0 aliphatic carbocycles. The van der Waals surface area contributed by atoms with E-state index in [1.165, 1.54) is 5.56 Å². The van der Waals surface area contributed by atoms with Gasteiger partial charge in [0.1, 0.15) is 0 Å². The zero-order valence-electron chi connectivity index (χ0n) is 8.72. The van der Waals surface area contributed by atoms with Crippen LogP contribution in [-0.4, -0.2) is 6.54 Å². The fourth-order valence-electron chi connectivity index (χ4n) is 2.05. The average Bonchev–Trinajstić information content (AvgIpc) is 2.14. The lowest BCUT2D eigenvalue weighted by atomic mass is 9.91. The summed E-state index contributed by atoms with van der Waals surface area (Å²) in [6.45, 7) is 5.21. The number of nitrogen functional groups attached to an aromatic ring is 2. The summed E-state index contributed by atoms with van der Waals surface area (Å²) in [6, 6.07) is 1.94. The van der Waals surface area contributed by atoms with Crippen molar-refractivity contribution in [2.24, 2.45) is 5.92 Å². The molecule has 14 heavy (non-hydrogen) atoms. The van der Waals surface area contributed by atoms with Gasteiger partial charge in [-0.2, -0.15) is 0 Å². The number of nitrogens with one attached hydrogen (secondary N) is 1. The van der Waals surface area contributed by atoms with Gasteiger partial charge in [0.25, 0.3) is 0 Å². The van der Waals surface area contributed by atoms with Crippen molar-refractivity contribution in [2.45, 2.75) is 20.3 Å². The van der Waals surface area contributed by atoms with Gasteiger partial charge in [-0.25, -0.2) is 0 Å². The van der Waals surface area contributed by atoms with Crippen LogP contribution in [0.15, 0.2) is 6.07 Å². The molecule has 0 bridgehead atoms. The third-order valence-electron chi connectivity index (χ3n) is 2.89. The maximum atomic E-state index is 6.04. The Bertz CT molecular complexity index is 371. The highest BCUT2D eigenvalue weighted by molar-refractivity contribution is 5.79. The minimum atomic E-state index is 0.631. The highest BCUT2D eigenvalue weighted by Gasteiger charge is 2.19. The summed E-state index contributed by atoms with van der Waals surface area (Å²) in [4.78, 5) is 0. The standard InChI is InChI=1S/C11H17N3/c1-6-3-8-10(13)7(2)4-9(12)11(8)14-5-6/h4,6,14H,3,5,12-13H2,1-2H3. The Morgan fingerprint density at radius 3 is 2.86 bits per heavy atom. The second-order valence-electron chi connectivity index (χ2n) is 4.24. The maximum absolute atomic E-state index is 6.04. The Kier molecular flexibility index (Phi) is 2.02. The summed E-state index contributed by atoms with van der Waals surface area (Å²) >= 11 is 0. The minimum absolute atomic E-state index is 0.631. The van der Waals surface area contributed by atoms with E-state index < -0.39 is 0 Å². The molecule has 1 aromatic carbocycles. The second kappa shape index (κ2) is 3.08. The molecule has 0 spiro atoms. The number of aryl methyl sites for hydroxylation is 1. The van der Waals surface area contributed by atoms with Crippen LogP contribution in [0.4, 0.5) is 17.1 Å². The van der Waals surface area contributed by atoms with Crippen LogP contribution in [0.3, 0.4) is 0 Å². The number of rotatable bonds is 0. The fraction of sp³-hybridized carbons (Fsp3) is 0.455. The highest BCUT2D eigenvalue weighted by atomic mass is 14.9. The van der Waals surface area contributed by atoms with Crippen molar-refractivity contribution in [1.82, 2.24) is 0 Å². The average molecular weight is 191 g/mol. The van der Waals surface area contributed by atoms with Crippen molar-refractivity contribution in [1.29, 1.82) is 0 Å². The fourth-order valence-corrected chi connectivity index (χ4v) is 2.05. The first-order chi connectivity index (χ1) is 6.59. The van der Waals surface area contributed by atoms with Crippen LogP contribution in [0.2, 0.25) is 0 Å². The number of anilines is 3. The van der Waals surface area contributed by atoms with E-state index in [1.54, 1.807) is 0 Å². The van der Waals surface area contributed by atoms with Crippen LogP contribution in [-0.2, 0) is 6.42 Å². The van der Waals surface area contributed by atoms with Gasteiger partial charge in [0, 0.05) is 17.8 Å². The largest absolute Gasteiger partial charge is 0.398 e. The lowest BCUT2D eigenvalue weighted by Gasteiger charge is -2.26. The number of fused-ring (bicyclic) bond motifs is 1. The van der Waals surface area contributed by atoms with Gasteiger partial charge in [0.2, 0.25) is 0 Å². The molecule has 1 aromatic rings. The van der Waals surface area contributed by atoms with Crippen LogP contribution in [0.1, 0.15) is 18.1 Å². The monoisotopic (exact) mass is 191 g/mol. The van der Waals surface area contributed by atoms with E-state index in [4.69, 9.17) is 11.5 Å². The first kappa shape index (κ1) is 9.19. The van der Waals surface area contributed by atoms with Crippen LogP contribution < -0.4 is 16.8 Å². The Balaban J connectivity index is 2.57. The first-order valence-electron chi connectivity index (χ1n) is 5.01. The quantitative estimate of drug-likeness (QED) is 0.547. The maximum Gasteiger partial charge on any atom is 0.0627 e. The molecule has 3 heteroatoms. The van der Waals surface area contributed by atoms with E-state index in [9.17, 15) is 0 Å². The first-order valence-corrected chi connectivity index (χ1v) is 5.01. The summed E-state index contributed by atoms with van der Waals surface area (Å²) in [5, 5.41) is 3.34. The Hall–Kier alpha value is -1.38. The number of hydrogen-bond acceptors (Lipinski definition) is 3. The van der Waals surface area contributed by atoms with Gasteiger partial charge in [0.15, 0.2) is 0 Å². The number of hydrogen-bond donors (Lipinski definition) is 3. The summed E-state index contributed by atoms with van der Waals surface area (Å²) in [7, 11) is 0. The summed E-state index contributed by atoms with van der Waals surface area (Å²) in [5.74, 6) is 0.631. The van der Waals surface area contributed by atoms with Crippen LogP contribution in [0, 0.1) is 12.8 Å². The molecule has 0 aromatic heterocycles. The lowest BCUT2D eigenvalue weighted by Crippen LogP contribution is -2.23. The van der Waals surface area contributed by atoms with Gasteiger partial charge in [-0.3, -0.25) is 0 Å². The van der Waals surface area contributed by atoms with Crippen molar-refractivity contribution < 1.29 is 0 Å². The van der Waals surface area contributed by atoms with Crippen molar-refractivity contribution in [3.05, 3.63) is 17.2 Å². The third-order valence-corrected chi connectivity index (χ3v) is 2.89. The molecule has 1 aliphatic rings. The molecular formula is C11H17N3. The molecule has 2 rings (SSSR count). The van der Waals surface area contributed by atoms with E-state index in [0.29, 0.717) is 5.92 Å². The van der Waals surface area contributed by atoms with Gasteiger partial charge < -0.3 is 16.8 Å². The van der Waals surface area contributed by atoms with Gasteiger partial charge in [-0.05, 0) is 30.9 Å². The Labute approximate surface area is 84.5 Å². The van der Waals surface area contributed by atoms with Crippen molar-refractivity contribution in [2.75, 3.05) is 23.3 Å². The number of nitrogens with two attached hydrogens (primary N) is 2. The number of benzene rings is 1. The van der Waals surface area contributed by atoms with E-state index in [1.807, 2.05) is 13.0 Å². The van der Waals surface area contributed by atoms with E-state index in [0.717, 1.165) is 35.6 Å². The molecular weight excluding hydrogens is 174 g/mol. The molecule has 0 saturated heterocycles. The molecule has 0 radical (unpaired) electrons. The van der Waals surface area contributed by atoms with Crippen LogP contribution in [0.25, 0.3) is 0 Å². The molecule has 5 N–H and O–H groups in total. The molecule has 1 atom stereocenters. The van der Waals surface area contributed by atoms with Gasteiger partial charge in [-0.1, -0.05) is 6.92 Å². The van der Waals surface area contributed by atoms with Crippen LogP contribution >= 0.6 is 0 Å². The second-order valence-corrected chi connectivity index (χ2v) is 4.24. The summed E-state index contributed by atoms with van der Waals surface area (Å²) < 4.78 is 0. The van der Waals surface area contributed by atoms with Gasteiger partial charge in [-0.15, -0.1) is 0 Å². The van der Waals surface area contributed by atoms with E-state index >= 15 is 0 Å². The zero-order chi connectivity index (χ0) is 10.3. The predicted molar refractivity (Wildman–Crippen MR) is 61.4 cm³/mol. The van der Waals surface area contributed by atoms with E-state index in [2.05, 4.69) is 12.2 Å². The minimum Gasteiger partial charge on any atom is -0.398 e. The summed E-state index contributed by atoms with van der Waals surface area (Å²) in [6.07, 6.45) is 1.03. The Morgan fingerprint density at radius 1 is 1.43 bits per heavy atom. The molecule has 1 unspecified atom stereocenters. The lowest BCUT2D eigenvalue weighted by molar-refractivity contribution is 0.596. The van der Waals surface area contributed by atoms with Crippen molar-refractivity contribution in [3.8, 4) is 0 Å². The van der Waals surface area contributed by atoms with Gasteiger partial charge >= 0.3 is 0 Å². The topological polar surface area (TPSA) is 64.1 Å². The molecule has 1 heterocycles. The molecule has 1 aliphatic heterocycles. The molecule has 0 fully saturated rings. The molecule has 0 amide bonds. The summed E-state index contributed by atoms with van der Waals surface area (Å²) in [5.41, 5.74) is 17.0. The van der Waals surface area contributed by atoms with E-state index in [-0.39, 0.29) is 0 Å². The smallest absolute Gasteiger partial charge is 0.0627 e. The molecule has 0 saturated carbocycles. The highest BCUT2D eigenvalue weighted by Crippen LogP contribution is 2.36. The third kappa shape index (κ3) is 1.29. The normalized spacial score (nSPS) is 20.0. The van der Waals surface area contributed by atoms with Gasteiger partial charge in [0.05, 0.1) is 11.4 Å². The molecule has 76 valence electrons. The SMILES string of the molecule is Cc1cc(N)c2c(c1N)CC(C)CN2. The predicted octanol–water partition coefficient (Wildman–Crippen LogP) is 1.76. The van der Waals surface area contributed by atoms with Crippen LogP contribution in [0.5, 0.6) is 0 Å².